The molecule has 1 rings (SSSR count). The predicted octanol–water partition coefficient (Wildman–Crippen LogP) is 2.07. The predicted molar refractivity (Wildman–Crippen MR) is 54.0 cm³/mol. The third-order valence-corrected chi connectivity index (χ3v) is 3.08. The molecule has 1 saturated heterocycles. The van der Waals surface area contributed by atoms with E-state index in [0.717, 1.165) is 0 Å². The molecule has 1 aliphatic heterocycles. The van der Waals surface area contributed by atoms with Gasteiger partial charge < -0.3 is 10.6 Å². The molecule has 1 amide bonds. The molecule has 0 aromatic heterocycles. The average molecular weight is 292 g/mol. The fourth-order valence-electron chi connectivity index (χ4n) is 2.17. The Kier molecular flexibility index (Phi) is 4.70. The normalized spacial score (nSPS) is 21.9. The molecule has 0 aromatic carbocycles. The Hall–Kier alpha value is -0.990. The van der Waals surface area contributed by atoms with E-state index >= 15 is 0 Å². The van der Waals surface area contributed by atoms with Crippen LogP contribution in [0.4, 0.5) is 26.3 Å². The topological polar surface area (TPSA) is 46.3 Å². The van der Waals surface area contributed by atoms with Gasteiger partial charge in [-0.1, -0.05) is 0 Å². The van der Waals surface area contributed by atoms with E-state index in [1.165, 1.54) is 0 Å². The smallest absolute Gasteiger partial charge is 0.338 e. The summed E-state index contributed by atoms with van der Waals surface area (Å²) in [5, 5.41) is 0. The number of amides is 1. The molecule has 0 radical (unpaired) electrons. The van der Waals surface area contributed by atoms with E-state index in [1.807, 2.05) is 0 Å². The molecule has 1 atom stereocenters. The minimum atomic E-state index is -5.65. The first kappa shape index (κ1) is 16.1. The standard InChI is InChI=1S/C10H14F6N2O/c11-9(12,13)7(10(14,15)16)8(19)18-4-2-1-3-6(18)5-17/h6-7H,1-5,17H2. The van der Waals surface area contributed by atoms with Crippen LogP contribution in [0.1, 0.15) is 19.3 Å². The lowest BCUT2D eigenvalue weighted by Crippen LogP contribution is -2.55. The van der Waals surface area contributed by atoms with Crippen molar-refractivity contribution in [3.05, 3.63) is 0 Å². The van der Waals surface area contributed by atoms with Gasteiger partial charge in [0.1, 0.15) is 0 Å². The van der Waals surface area contributed by atoms with Gasteiger partial charge in [-0.2, -0.15) is 26.3 Å². The van der Waals surface area contributed by atoms with Crippen LogP contribution in [0.5, 0.6) is 0 Å². The van der Waals surface area contributed by atoms with E-state index in [1.54, 1.807) is 0 Å². The number of piperidine rings is 1. The van der Waals surface area contributed by atoms with E-state index in [4.69, 9.17) is 5.73 Å². The molecule has 2 N–H and O–H groups in total. The van der Waals surface area contributed by atoms with E-state index < -0.39 is 30.2 Å². The van der Waals surface area contributed by atoms with E-state index in [-0.39, 0.29) is 13.1 Å². The first-order chi connectivity index (χ1) is 8.59. The number of halogens is 6. The summed E-state index contributed by atoms with van der Waals surface area (Å²) in [5.41, 5.74) is 5.29. The van der Waals surface area contributed by atoms with E-state index in [9.17, 15) is 31.1 Å². The van der Waals surface area contributed by atoms with Crippen molar-refractivity contribution in [2.24, 2.45) is 11.7 Å². The van der Waals surface area contributed by atoms with Gasteiger partial charge in [0, 0.05) is 19.1 Å². The maximum absolute atomic E-state index is 12.5. The number of hydrogen-bond acceptors (Lipinski definition) is 2. The summed E-state index contributed by atoms with van der Waals surface area (Å²) >= 11 is 0. The Balaban J connectivity index is 2.99. The fraction of sp³-hybridized carbons (Fsp3) is 0.900. The Morgan fingerprint density at radius 2 is 1.68 bits per heavy atom. The van der Waals surface area contributed by atoms with Crippen LogP contribution >= 0.6 is 0 Å². The zero-order valence-corrected chi connectivity index (χ0v) is 9.89. The van der Waals surface area contributed by atoms with Crippen LogP contribution in [0.25, 0.3) is 0 Å². The van der Waals surface area contributed by atoms with Crippen LogP contribution in [0.3, 0.4) is 0 Å². The van der Waals surface area contributed by atoms with Gasteiger partial charge in [-0.25, -0.2) is 0 Å². The number of alkyl halides is 6. The molecule has 1 fully saturated rings. The van der Waals surface area contributed by atoms with Crippen LogP contribution in [0, 0.1) is 5.92 Å². The highest BCUT2D eigenvalue weighted by atomic mass is 19.4. The second-order valence-electron chi connectivity index (χ2n) is 4.43. The molecule has 0 spiro atoms. The van der Waals surface area contributed by atoms with Crippen molar-refractivity contribution in [2.75, 3.05) is 13.1 Å². The zero-order chi connectivity index (χ0) is 14.8. The van der Waals surface area contributed by atoms with Gasteiger partial charge in [-0.3, -0.25) is 4.79 Å². The van der Waals surface area contributed by atoms with Crippen LogP contribution in [-0.2, 0) is 4.79 Å². The van der Waals surface area contributed by atoms with Gasteiger partial charge in [0.25, 0.3) is 0 Å². The molecular formula is C10H14F6N2O. The Morgan fingerprint density at radius 3 is 2.11 bits per heavy atom. The fourth-order valence-corrected chi connectivity index (χ4v) is 2.17. The van der Waals surface area contributed by atoms with Crippen LogP contribution in [0.2, 0.25) is 0 Å². The third kappa shape index (κ3) is 3.74. The Labute approximate surface area is 105 Å². The molecule has 9 heteroatoms. The van der Waals surface area contributed by atoms with Crippen LogP contribution < -0.4 is 5.73 Å². The maximum atomic E-state index is 12.5. The average Bonchev–Trinajstić information content (AvgIpc) is 2.24. The molecule has 3 nitrogen and oxygen atoms in total. The lowest BCUT2D eigenvalue weighted by molar-refractivity contribution is -0.278. The first-order valence-electron chi connectivity index (χ1n) is 5.73. The largest absolute Gasteiger partial charge is 0.409 e. The van der Waals surface area contributed by atoms with Crippen molar-refractivity contribution in [1.29, 1.82) is 0 Å². The number of hydrogen-bond donors (Lipinski definition) is 1. The van der Waals surface area contributed by atoms with Crippen molar-refractivity contribution >= 4 is 5.91 Å². The molecular weight excluding hydrogens is 278 g/mol. The molecule has 19 heavy (non-hydrogen) atoms. The summed E-state index contributed by atoms with van der Waals surface area (Å²) < 4.78 is 74.7. The van der Waals surface area contributed by atoms with Crippen molar-refractivity contribution in [3.8, 4) is 0 Å². The summed E-state index contributed by atoms with van der Waals surface area (Å²) in [6.07, 6.45) is -9.96. The van der Waals surface area contributed by atoms with Crippen molar-refractivity contribution in [2.45, 2.75) is 37.7 Å². The molecule has 0 aromatic rings. The number of likely N-dealkylation sites (tertiary alicyclic amines) is 1. The van der Waals surface area contributed by atoms with E-state index in [2.05, 4.69) is 0 Å². The molecule has 1 aliphatic rings. The number of nitrogens with zero attached hydrogens (tertiary/aromatic N) is 1. The van der Waals surface area contributed by atoms with Gasteiger partial charge in [-0.05, 0) is 19.3 Å². The van der Waals surface area contributed by atoms with Crippen LogP contribution in [-0.4, -0.2) is 42.3 Å². The second kappa shape index (κ2) is 5.56. The lowest BCUT2D eigenvalue weighted by Gasteiger charge is -2.37. The van der Waals surface area contributed by atoms with E-state index in [0.29, 0.717) is 24.2 Å². The SMILES string of the molecule is NCC1CCCCN1C(=O)C(C(F)(F)F)C(F)(F)F. The summed E-state index contributed by atoms with van der Waals surface area (Å²) in [5.74, 6) is -5.91. The number of nitrogens with two attached hydrogens (primary N) is 1. The van der Waals surface area contributed by atoms with Gasteiger partial charge in [0.05, 0.1) is 0 Å². The molecule has 0 aliphatic carbocycles. The van der Waals surface area contributed by atoms with Gasteiger partial charge in [0.2, 0.25) is 11.8 Å². The maximum Gasteiger partial charge on any atom is 0.409 e. The minimum Gasteiger partial charge on any atom is -0.338 e. The third-order valence-electron chi connectivity index (χ3n) is 3.08. The van der Waals surface area contributed by atoms with Crippen molar-refractivity contribution < 1.29 is 31.1 Å². The quantitative estimate of drug-likeness (QED) is 0.792. The molecule has 0 bridgehead atoms. The first-order valence-corrected chi connectivity index (χ1v) is 5.73. The lowest BCUT2D eigenvalue weighted by atomic mass is 9.98. The summed E-state index contributed by atoms with van der Waals surface area (Å²) in [6.45, 7) is -0.266. The Bertz CT molecular complexity index is 313. The monoisotopic (exact) mass is 292 g/mol. The molecule has 0 saturated carbocycles. The summed E-state index contributed by atoms with van der Waals surface area (Å²) in [7, 11) is 0. The van der Waals surface area contributed by atoms with Gasteiger partial charge in [-0.15, -0.1) is 0 Å². The molecule has 112 valence electrons. The van der Waals surface area contributed by atoms with Crippen molar-refractivity contribution in [1.82, 2.24) is 4.90 Å². The highest BCUT2D eigenvalue weighted by Gasteiger charge is 2.62. The zero-order valence-electron chi connectivity index (χ0n) is 9.89. The number of carbonyl (C=O) groups is 1. The number of rotatable bonds is 2. The Morgan fingerprint density at radius 1 is 1.16 bits per heavy atom. The highest BCUT2D eigenvalue weighted by Crippen LogP contribution is 2.41. The summed E-state index contributed by atoms with van der Waals surface area (Å²) in [6, 6.07) is -0.756. The second-order valence-corrected chi connectivity index (χ2v) is 4.43. The summed E-state index contributed by atoms with van der Waals surface area (Å²) in [4.78, 5) is 12.2. The van der Waals surface area contributed by atoms with Crippen LogP contribution in [0.15, 0.2) is 0 Å². The van der Waals surface area contributed by atoms with Crippen molar-refractivity contribution in [3.63, 3.8) is 0 Å². The molecule has 1 unspecified atom stereocenters. The minimum absolute atomic E-state index is 0.122. The van der Waals surface area contributed by atoms with Gasteiger partial charge >= 0.3 is 12.4 Å². The highest BCUT2D eigenvalue weighted by molar-refractivity contribution is 5.81. The van der Waals surface area contributed by atoms with Gasteiger partial charge in [0.15, 0.2) is 0 Å². The number of carbonyl (C=O) groups excluding carboxylic acids is 1. The molecule has 1 heterocycles.